The third kappa shape index (κ3) is 5.20. The van der Waals surface area contributed by atoms with Gasteiger partial charge in [0.25, 0.3) is 5.91 Å². The lowest BCUT2D eigenvalue weighted by Crippen LogP contribution is -2.49. The van der Waals surface area contributed by atoms with Crippen molar-refractivity contribution < 1.29 is 13.9 Å². The molecule has 7 nitrogen and oxygen atoms in total. The molecule has 2 fully saturated rings. The Bertz CT molecular complexity index is 1030. The van der Waals surface area contributed by atoms with E-state index in [2.05, 4.69) is 15.9 Å². The minimum Gasteiger partial charge on any atom is -0.495 e. The lowest BCUT2D eigenvalue weighted by molar-refractivity contribution is -0.127. The average molecular weight is 450 g/mol. The van der Waals surface area contributed by atoms with Crippen molar-refractivity contribution in [3.63, 3.8) is 0 Å². The van der Waals surface area contributed by atoms with Gasteiger partial charge in [-0.05, 0) is 36.4 Å². The average Bonchev–Trinajstić information content (AvgIpc) is 2.88. The Morgan fingerprint density at radius 1 is 0.939 bits per heavy atom. The Morgan fingerprint density at radius 3 is 2.21 bits per heavy atom. The molecule has 2 heterocycles. The van der Waals surface area contributed by atoms with Crippen molar-refractivity contribution in [2.75, 3.05) is 69.3 Å². The van der Waals surface area contributed by atoms with Gasteiger partial charge in [0.1, 0.15) is 23.2 Å². The molecule has 1 amide bonds. The van der Waals surface area contributed by atoms with Crippen LogP contribution in [-0.4, -0.2) is 75.2 Å². The van der Waals surface area contributed by atoms with E-state index in [1.807, 2.05) is 29.2 Å². The van der Waals surface area contributed by atoms with Crippen molar-refractivity contribution in [3.8, 4) is 11.8 Å². The smallest absolute Gasteiger partial charge is 0.266 e. The van der Waals surface area contributed by atoms with Gasteiger partial charge in [-0.1, -0.05) is 12.1 Å². The van der Waals surface area contributed by atoms with E-state index in [0.717, 1.165) is 43.3 Å². The van der Waals surface area contributed by atoms with Crippen molar-refractivity contribution in [2.45, 2.75) is 0 Å². The van der Waals surface area contributed by atoms with Gasteiger partial charge in [-0.25, -0.2) is 4.39 Å². The van der Waals surface area contributed by atoms with Crippen molar-refractivity contribution >= 4 is 17.3 Å². The lowest BCUT2D eigenvalue weighted by atomic mass is 10.2. The highest BCUT2D eigenvalue weighted by atomic mass is 19.1. The standard InChI is InChI=1S/C25H28FN5O2/c1-33-24-5-3-2-4-23(24)30-12-10-28(11-13-30)19-20(18-27)25(32)31-16-14-29(15-17-31)22-8-6-21(26)7-9-22/h2-9,19H,10-17H2,1H3/b20-19-. The molecular weight excluding hydrogens is 421 g/mol. The molecular formula is C25H28FN5O2. The highest BCUT2D eigenvalue weighted by molar-refractivity contribution is 5.97. The van der Waals surface area contributed by atoms with Gasteiger partial charge in [0.2, 0.25) is 0 Å². The van der Waals surface area contributed by atoms with Crippen molar-refractivity contribution in [2.24, 2.45) is 0 Å². The SMILES string of the molecule is COc1ccccc1N1CCN(/C=C(/C#N)C(=O)N2CCN(c3ccc(F)cc3)CC2)CC1. The van der Waals surface area contributed by atoms with Crippen LogP contribution in [0.3, 0.4) is 0 Å². The van der Waals surface area contributed by atoms with Gasteiger partial charge in [-0.3, -0.25) is 4.79 Å². The number of para-hydroxylation sites is 2. The summed E-state index contributed by atoms with van der Waals surface area (Å²) in [7, 11) is 1.67. The molecule has 33 heavy (non-hydrogen) atoms. The Balaban J connectivity index is 1.33. The van der Waals surface area contributed by atoms with E-state index in [4.69, 9.17) is 4.74 Å². The number of methoxy groups -OCH3 is 1. The molecule has 0 saturated carbocycles. The first-order chi connectivity index (χ1) is 16.1. The summed E-state index contributed by atoms with van der Waals surface area (Å²) in [6.07, 6.45) is 1.70. The third-order valence-electron chi connectivity index (χ3n) is 6.16. The van der Waals surface area contributed by atoms with Crippen LogP contribution in [0.4, 0.5) is 15.8 Å². The molecule has 0 spiro atoms. The molecule has 0 aromatic heterocycles. The molecule has 0 atom stereocenters. The first-order valence-electron chi connectivity index (χ1n) is 11.1. The monoisotopic (exact) mass is 449 g/mol. The molecule has 2 aromatic rings. The molecule has 172 valence electrons. The van der Waals surface area contributed by atoms with E-state index in [9.17, 15) is 14.4 Å². The molecule has 2 saturated heterocycles. The molecule has 8 heteroatoms. The van der Waals surface area contributed by atoms with Crippen molar-refractivity contribution in [1.82, 2.24) is 9.80 Å². The number of amides is 1. The second kappa shape index (κ2) is 10.3. The van der Waals surface area contributed by atoms with Gasteiger partial charge in [0.15, 0.2) is 0 Å². The van der Waals surface area contributed by atoms with Crippen LogP contribution >= 0.6 is 0 Å². The van der Waals surface area contributed by atoms with Crippen LogP contribution in [0, 0.1) is 17.1 Å². The highest BCUT2D eigenvalue weighted by Gasteiger charge is 2.25. The van der Waals surface area contributed by atoms with E-state index < -0.39 is 0 Å². The Hall–Kier alpha value is -3.73. The summed E-state index contributed by atoms with van der Waals surface area (Å²) < 4.78 is 18.6. The Labute approximate surface area is 193 Å². The molecule has 0 bridgehead atoms. The van der Waals surface area contributed by atoms with Crippen molar-refractivity contribution in [3.05, 3.63) is 66.1 Å². The summed E-state index contributed by atoms with van der Waals surface area (Å²) in [5.41, 5.74) is 2.16. The van der Waals surface area contributed by atoms with Crippen LogP contribution in [0.25, 0.3) is 0 Å². The number of hydrogen-bond donors (Lipinski definition) is 0. The number of ether oxygens (including phenoxy) is 1. The third-order valence-corrected chi connectivity index (χ3v) is 6.16. The van der Waals surface area contributed by atoms with E-state index in [1.165, 1.54) is 12.1 Å². The number of piperazine rings is 2. The van der Waals surface area contributed by atoms with Gasteiger partial charge >= 0.3 is 0 Å². The molecule has 2 aliphatic rings. The zero-order chi connectivity index (χ0) is 23.2. The van der Waals surface area contributed by atoms with Crippen LogP contribution in [-0.2, 0) is 4.79 Å². The minimum atomic E-state index is -0.264. The fraction of sp³-hybridized carbons (Fsp3) is 0.360. The molecule has 0 aliphatic carbocycles. The quantitative estimate of drug-likeness (QED) is 0.517. The van der Waals surface area contributed by atoms with Gasteiger partial charge < -0.3 is 24.3 Å². The van der Waals surface area contributed by atoms with Gasteiger partial charge in [-0.2, -0.15) is 5.26 Å². The number of nitrogens with zero attached hydrogens (tertiary/aromatic N) is 5. The lowest BCUT2D eigenvalue weighted by Gasteiger charge is -2.37. The van der Waals surface area contributed by atoms with E-state index in [1.54, 1.807) is 30.3 Å². The number of hydrogen-bond acceptors (Lipinski definition) is 6. The largest absolute Gasteiger partial charge is 0.495 e. The number of halogens is 1. The summed E-state index contributed by atoms with van der Waals surface area (Å²) in [5, 5.41) is 9.65. The van der Waals surface area contributed by atoms with E-state index in [-0.39, 0.29) is 17.3 Å². The summed E-state index contributed by atoms with van der Waals surface area (Å²) in [6.45, 7) is 5.33. The van der Waals surface area contributed by atoms with Gasteiger partial charge in [-0.15, -0.1) is 0 Å². The summed E-state index contributed by atoms with van der Waals surface area (Å²) >= 11 is 0. The molecule has 2 aliphatic heterocycles. The van der Waals surface area contributed by atoms with Crippen molar-refractivity contribution in [1.29, 1.82) is 5.26 Å². The maximum atomic E-state index is 13.2. The predicted molar refractivity (Wildman–Crippen MR) is 126 cm³/mol. The highest BCUT2D eigenvalue weighted by Crippen LogP contribution is 2.28. The van der Waals surface area contributed by atoms with Crippen LogP contribution < -0.4 is 14.5 Å². The van der Waals surface area contributed by atoms with Gasteiger partial charge in [0.05, 0.1) is 12.8 Å². The maximum Gasteiger partial charge on any atom is 0.266 e. The Kier molecular flexibility index (Phi) is 6.98. The summed E-state index contributed by atoms with van der Waals surface area (Å²) in [6, 6.07) is 16.4. The molecule has 0 unspecified atom stereocenters. The van der Waals surface area contributed by atoms with Crippen LogP contribution in [0.15, 0.2) is 60.3 Å². The van der Waals surface area contributed by atoms with Crippen LogP contribution in [0.1, 0.15) is 0 Å². The number of nitriles is 1. The van der Waals surface area contributed by atoms with Crippen LogP contribution in [0.2, 0.25) is 0 Å². The Morgan fingerprint density at radius 2 is 1.58 bits per heavy atom. The zero-order valence-electron chi connectivity index (χ0n) is 18.8. The second-order valence-electron chi connectivity index (χ2n) is 8.11. The normalized spacial score (nSPS) is 17.1. The number of anilines is 2. The second-order valence-corrected chi connectivity index (χ2v) is 8.11. The first-order valence-corrected chi connectivity index (χ1v) is 11.1. The van der Waals surface area contributed by atoms with E-state index in [0.29, 0.717) is 26.2 Å². The zero-order valence-corrected chi connectivity index (χ0v) is 18.8. The maximum absolute atomic E-state index is 13.2. The fourth-order valence-electron chi connectivity index (χ4n) is 4.29. The number of rotatable bonds is 5. The topological polar surface area (TPSA) is 63.1 Å². The van der Waals surface area contributed by atoms with Gasteiger partial charge in [0, 0.05) is 64.2 Å². The summed E-state index contributed by atoms with van der Waals surface area (Å²) in [5.74, 6) is 0.345. The number of carbonyl (C=O) groups excluding carboxylic acids is 1. The summed E-state index contributed by atoms with van der Waals surface area (Å²) in [4.78, 5) is 21.1. The minimum absolute atomic E-state index is 0.163. The fourth-order valence-corrected chi connectivity index (χ4v) is 4.29. The van der Waals surface area contributed by atoms with Crippen LogP contribution in [0.5, 0.6) is 5.75 Å². The predicted octanol–water partition coefficient (Wildman–Crippen LogP) is 2.71. The number of carbonyl (C=O) groups is 1. The first kappa shape index (κ1) is 22.5. The van der Waals surface area contributed by atoms with E-state index >= 15 is 0 Å². The molecule has 0 radical (unpaired) electrons. The molecule has 2 aromatic carbocycles. The molecule has 4 rings (SSSR count). The number of benzene rings is 2. The molecule has 0 N–H and O–H groups in total.